The van der Waals surface area contributed by atoms with Crippen molar-refractivity contribution in [2.45, 2.75) is 66.7 Å². The van der Waals surface area contributed by atoms with E-state index in [0.717, 1.165) is 29.8 Å². The Balaban J connectivity index is 2.78. The summed E-state index contributed by atoms with van der Waals surface area (Å²) in [4.78, 5) is 4.82. The highest BCUT2D eigenvalue weighted by Crippen LogP contribution is 2.36. The Labute approximate surface area is 116 Å². The molecule has 0 aliphatic heterocycles. The van der Waals surface area contributed by atoms with Crippen LogP contribution >= 0.6 is 0 Å². The Kier molecular flexibility index (Phi) is 3.46. The van der Waals surface area contributed by atoms with E-state index in [1.54, 1.807) is 0 Å². The zero-order chi connectivity index (χ0) is 14.4. The van der Waals surface area contributed by atoms with Crippen LogP contribution in [0.3, 0.4) is 0 Å². The van der Waals surface area contributed by atoms with Gasteiger partial charge in [0.15, 0.2) is 5.58 Å². The third-order valence-electron chi connectivity index (χ3n) is 5.09. The van der Waals surface area contributed by atoms with E-state index in [0.29, 0.717) is 0 Å². The van der Waals surface area contributed by atoms with Gasteiger partial charge >= 0.3 is 0 Å². The lowest BCUT2D eigenvalue weighted by atomic mass is 9.85. The van der Waals surface area contributed by atoms with Crippen LogP contribution in [0.25, 0.3) is 11.1 Å². The lowest BCUT2D eigenvalue weighted by Crippen LogP contribution is -2.19. The SMILES string of the molecule is CCC(C)(CC)c1nc2c(C)c(C)c(C)c(C)c2o1. The fourth-order valence-electron chi connectivity index (χ4n) is 2.55. The Bertz CT molecular complexity index is 573. The molecular weight excluding hydrogens is 234 g/mol. The summed E-state index contributed by atoms with van der Waals surface area (Å²) in [5, 5.41) is 0. The molecule has 0 spiro atoms. The highest BCUT2D eigenvalue weighted by Gasteiger charge is 2.29. The van der Waals surface area contributed by atoms with Gasteiger partial charge in [-0.25, -0.2) is 4.98 Å². The molecule has 1 aromatic heterocycles. The molecule has 0 aliphatic rings. The number of aromatic nitrogens is 1. The van der Waals surface area contributed by atoms with E-state index in [-0.39, 0.29) is 5.41 Å². The van der Waals surface area contributed by atoms with Crippen LogP contribution in [0.2, 0.25) is 0 Å². The third kappa shape index (κ3) is 1.98. The standard InChI is InChI=1S/C17H25NO/c1-8-17(7,9-2)16-18-14-12(5)10(3)11(4)13(6)15(14)19-16/h8-9H2,1-7H3. The lowest BCUT2D eigenvalue weighted by molar-refractivity contribution is 0.335. The maximum absolute atomic E-state index is 6.15. The smallest absolute Gasteiger partial charge is 0.201 e. The fourth-order valence-corrected chi connectivity index (χ4v) is 2.55. The molecule has 1 heterocycles. The van der Waals surface area contributed by atoms with Crippen LogP contribution in [0.4, 0.5) is 0 Å². The van der Waals surface area contributed by atoms with Crippen LogP contribution in [0, 0.1) is 27.7 Å². The van der Waals surface area contributed by atoms with E-state index >= 15 is 0 Å². The van der Waals surface area contributed by atoms with Crippen molar-refractivity contribution in [2.75, 3.05) is 0 Å². The van der Waals surface area contributed by atoms with Crippen molar-refractivity contribution in [1.82, 2.24) is 4.98 Å². The van der Waals surface area contributed by atoms with E-state index in [2.05, 4.69) is 48.5 Å². The number of aryl methyl sites for hydroxylation is 2. The molecule has 0 amide bonds. The summed E-state index contributed by atoms with van der Waals surface area (Å²) in [5.74, 6) is 0.892. The summed E-state index contributed by atoms with van der Waals surface area (Å²) < 4.78 is 6.15. The minimum absolute atomic E-state index is 0.0414. The van der Waals surface area contributed by atoms with Crippen LogP contribution in [0.5, 0.6) is 0 Å². The van der Waals surface area contributed by atoms with Gasteiger partial charge in [-0.2, -0.15) is 0 Å². The summed E-state index contributed by atoms with van der Waals surface area (Å²) in [5.41, 5.74) is 7.20. The van der Waals surface area contributed by atoms with Crippen molar-refractivity contribution in [3.05, 3.63) is 28.1 Å². The number of rotatable bonds is 3. The van der Waals surface area contributed by atoms with Gasteiger partial charge in [0.1, 0.15) is 5.52 Å². The molecule has 0 saturated heterocycles. The van der Waals surface area contributed by atoms with Crippen molar-refractivity contribution in [3.8, 4) is 0 Å². The Morgan fingerprint density at radius 2 is 1.42 bits per heavy atom. The lowest BCUT2D eigenvalue weighted by Gasteiger charge is -2.21. The minimum atomic E-state index is 0.0414. The highest BCUT2D eigenvalue weighted by atomic mass is 16.3. The van der Waals surface area contributed by atoms with E-state index in [9.17, 15) is 0 Å². The molecule has 0 saturated carbocycles. The van der Waals surface area contributed by atoms with Gasteiger partial charge in [-0.1, -0.05) is 20.8 Å². The summed E-state index contributed by atoms with van der Waals surface area (Å²) in [6.45, 7) is 15.3. The molecule has 0 radical (unpaired) electrons. The fraction of sp³-hybridized carbons (Fsp3) is 0.588. The van der Waals surface area contributed by atoms with Gasteiger partial charge in [0.25, 0.3) is 0 Å². The topological polar surface area (TPSA) is 26.0 Å². The largest absolute Gasteiger partial charge is 0.440 e. The second-order valence-electron chi connectivity index (χ2n) is 5.96. The van der Waals surface area contributed by atoms with Gasteiger partial charge in [0, 0.05) is 5.41 Å². The third-order valence-corrected chi connectivity index (χ3v) is 5.09. The maximum Gasteiger partial charge on any atom is 0.201 e. The molecule has 19 heavy (non-hydrogen) atoms. The van der Waals surface area contributed by atoms with Crippen molar-refractivity contribution in [1.29, 1.82) is 0 Å². The molecule has 0 fully saturated rings. The number of oxazole rings is 1. The number of nitrogens with zero attached hydrogens (tertiary/aromatic N) is 1. The van der Waals surface area contributed by atoms with Crippen molar-refractivity contribution < 1.29 is 4.42 Å². The van der Waals surface area contributed by atoms with Crippen LogP contribution in [0.15, 0.2) is 4.42 Å². The normalized spacial score (nSPS) is 12.4. The molecule has 1 aromatic carbocycles. The molecule has 0 N–H and O–H groups in total. The van der Waals surface area contributed by atoms with Gasteiger partial charge in [0.2, 0.25) is 5.89 Å². The zero-order valence-electron chi connectivity index (χ0n) is 13.3. The van der Waals surface area contributed by atoms with Gasteiger partial charge in [-0.05, 0) is 62.8 Å². The molecule has 2 heteroatoms. The zero-order valence-corrected chi connectivity index (χ0v) is 13.3. The van der Waals surface area contributed by atoms with Crippen LogP contribution in [-0.2, 0) is 5.41 Å². The van der Waals surface area contributed by atoms with Gasteiger partial charge in [-0.15, -0.1) is 0 Å². The first kappa shape index (κ1) is 14.1. The van der Waals surface area contributed by atoms with E-state index in [1.165, 1.54) is 22.3 Å². The molecule has 0 atom stereocenters. The van der Waals surface area contributed by atoms with Gasteiger partial charge < -0.3 is 4.42 Å². The quantitative estimate of drug-likeness (QED) is 0.762. The second-order valence-corrected chi connectivity index (χ2v) is 5.96. The molecule has 0 unspecified atom stereocenters. The maximum atomic E-state index is 6.15. The van der Waals surface area contributed by atoms with E-state index in [1.807, 2.05) is 0 Å². The minimum Gasteiger partial charge on any atom is -0.440 e. The van der Waals surface area contributed by atoms with Crippen molar-refractivity contribution in [3.63, 3.8) is 0 Å². The predicted octanol–water partition coefficient (Wildman–Crippen LogP) is 5.14. The molecule has 2 aromatic rings. The average Bonchev–Trinajstić information content (AvgIpc) is 2.87. The Morgan fingerprint density at radius 3 is 1.95 bits per heavy atom. The predicted molar refractivity (Wildman–Crippen MR) is 80.9 cm³/mol. The second kappa shape index (κ2) is 4.66. The number of hydrogen-bond donors (Lipinski definition) is 0. The monoisotopic (exact) mass is 259 g/mol. The van der Waals surface area contributed by atoms with E-state index in [4.69, 9.17) is 9.40 Å². The first-order valence-electron chi connectivity index (χ1n) is 7.23. The molecule has 2 rings (SSSR count). The summed E-state index contributed by atoms with van der Waals surface area (Å²) in [7, 11) is 0. The van der Waals surface area contributed by atoms with Crippen LogP contribution in [-0.4, -0.2) is 4.98 Å². The molecule has 0 bridgehead atoms. The highest BCUT2D eigenvalue weighted by molar-refractivity contribution is 5.82. The molecule has 0 aliphatic carbocycles. The summed E-state index contributed by atoms with van der Waals surface area (Å²) in [6, 6.07) is 0. The Morgan fingerprint density at radius 1 is 0.895 bits per heavy atom. The van der Waals surface area contributed by atoms with Gasteiger partial charge in [-0.3, -0.25) is 0 Å². The van der Waals surface area contributed by atoms with Crippen molar-refractivity contribution in [2.24, 2.45) is 0 Å². The molecule has 2 nitrogen and oxygen atoms in total. The van der Waals surface area contributed by atoms with Crippen molar-refractivity contribution >= 4 is 11.1 Å². The summed E-state index contributed by atoms with van der Waals surface area (Å²) >= 11 is 0. The summed E-state index contributed by atoms with van der Waals surface area (Å²) in [6.07, 6.45) is 2.10. The number of hydrogen-bond acceptors (Lipinski definition) is 2. The molecule has 104 valence electrons. The first-order valence-corrected chi connectivity index (χ1v) is 7.23. The van der Waals surface area contributed by atoms with Crippen LogP contribution in [0.1, 0.15) is 61.8 Å². The van der Waals surface area contributed by atoms with Crippen LogP contribution < -0.4 is 0 Å². The Hall–Kier alpha value is -1.31. The van der Waals surface area contributed by atoms with E-state index < -0.39 is 0 Å². The average molecular weight is 259 g/mol. The first-order chi connectivity index (χ1) is 8.85. The number of fused-ring (bicyclic) bond motifs is 1. The van der Waals surface area contributed by atoms with Gasteiger partial charge in [0.05, 0.1) is 0 Å². The number of benzene rings is 1. The molecular formula is C17H25NO.